The zero-order valence-corrected chi connectivity index (χ0v) is 13.9. The smallest absolute Gasteiger partial charge is 0.407 e. The first-order chi connectivity index (χ1) is 9.65. The molecular weight excluding hydrogens is 290 g/mol. The first kappa shape index (κ1) is 17.5. The van der Waals surface area contributed by atoms with E-state index in [-0.39, 0.29) is 5.78 Å². The van der Waals surface area contributed by atoms with Crippen LogP contribution in [-0.4, -0.2) is 17.5 Å². The molecule has 116 valence electrons. The number of ketones is 1. The van der Waals surface area contributed by atoms with E-state index >= 15 is 0 Å². The minimum atomic E-state index is -0.539. The van der Waals surface area contributed by atoms with Gasteiger partial charge in [-0.15, -0.1) is 0 Å². The minimum Gasteiger partial charge on any atom is -0.444 e. The third-order valence-electron chi connectivity index (χ3n) is 2.89. The van der Waals surface area contributed by atoms with Crippen molar-refractivity contribution in [1.29, 1.82) is 0 Å². The van der Waals surface area contributed by atoms with E-state index in [2.05, 4.69) is 5.32 Å². The zero-order valence-electron chi connectivity index (χ0n) is 13.2. The zero-order chi connectivity index (χ0) is 16.2. The number of nitrogens with one attached hydrogen (secondary N) is 1. The van der Waals surface area contributed by atoms with E-state index in [4.69, 9.17) is 16.3 Å². The summed E-state index contributed by atoms with van der Waals surface area (Å²) in [6.45, 7) is 9.16. The second kappa shape index (κ2) is 6.94. The predicted molar refractivity (Wildman–Crippen MR) is 83.9 cm³/mol. The van der Waals surface area contributed by atoms with Crippen LogP contribution in [-0.2, 0) is 17.7 Å². The quantitative estimate of drug-likeness (QED) is 0.851. The minimum absolute atomic E-state index is 0.0732. The molecule has 0 heterocycles. The predicted octanol–water partition coefficient (Wildman–Crippen LogP) is 4.13. The number of benzene rings is 1. The lowest BCUT2D eigenvalue weighted by atomic mass is 9.96. The number of ether oxygens (including phenoxy) is 1. The summed E-state index contributed by atoms with van der Waals surface area (Å²) in [5, 5.41) is 3.15. The molecule has 0 aromatic heterocycles. The van der Waals surface area contributed by atoms with Crippen molar-refractivity contribution in [3.63, 3.8) is 0 Å². The van der Waals surface area contributed by atoms with Crippen LogP contribution in [0.5, 0.6) is 0 Å². The molecule has 0 saturated carbocycles. The number of carbonyl (C=O) groups is 2. The highest BCUT2D eigenvalue weighted by molar-refractivity contribution is 6.34. The maximum Gasteiger partial charge on any atom is 0.407 e. The summed E-state index contributed by atoms with van der Waals surface area (Å²) in [5.41, 5.74) is 1.73. The van der Waals surface area contributed by atoms with Crippen molar-refractivity contribution >= 4 is 23.5 Å². The summed E-state index contributed by atoms with van der Waals surface area (Å²) >= 11 is 6.09. The lowest BCUT2D eigenvalue weighted by Gasteiger charge is -2.20. The Balaban J connectivity index is 2.92. The molecule has 0 atom stereocenters. The molecule has 0 bridgehead atoms. The maximum atomic E-state index is 11.7. The fourth-order valence-electron chi connectivity index (χ4n) is 2.09. The highest BCUT2D eigenvalue weighted by Crippen LogP contribution is 2.25. The Bertz CT molecular complexity index is 547. The van der Waals surface area contributed by atoms with Crippen LogP contribution in [0.2, 0.25) is 5.02 Å². The number of hydrogen-bond donors (Lipinski definition) is 1. The van der Waals surface area contributed by atoms with E-state index < -0.39 is 11.7 Å². The van der Waals surface area contributed by atoms with Crippen molar-refractivity contribution < 1.29 is 14.3 Å². The molecule has 21 heavy (non-hydrogen) atoms. The molecular formula is C16H22ClNO3. The van der Waals surface area contributed by atoms with Gasteiger partial charge in [-0.3, -0.25) is 4.79 Å². The Hall–Kier alpha value is -1.55. The summed E-state index contributed by atoms with van der Waals surface area (Å²) in [6, 6.07) is 3.51. The van der Waals surface area contributed by atoms with E-state index in [0.29, 0.717) is 23.6 Å². The van der Waals surface area contributed by atoms with Crippen LogP contribution in [0.4, 0.5) is 4.79 Å². The molecule has 5 heteroatoms. The van der Waals surface area contributed by atoms with Crippen molar-refractivity contribution in [2.24, 2.45) is 0 Å². The van der Waals surface area contributed by atoms with Gasteiger partial charge in [0.05, 0.1) is 5.02 Å². The van der Waals surface area contributed by atoms with Crippen LogP contribution < -0.4 is 5.32 Å². The third-order valence-corrected chi connectivity index (χ3v) is 3.20. The summed E-state index contributed by atoms with van der Waals surface area (Å²) in [4.78, 5) is 23.4. The molecule has 1 aromatic rings. The fraction of sp³-hybridized carbons (Fsp3) is 0.500. The Labute approximate surface area is 130 Å². The normalized spacial score (nSPS) is 11.1. The molecule has 1 rings (SSSR count). The molecule has 0 aliphatic heterocycles. The van der Waals surface area contributed by atoms with Gasteiger partial charge < -0.3 is 10.1 Å². The van der Waals surface area contributed by atoms with Gasteiger partial charge in [-0.05, 0) is 51.3 Å². The molecule has 0 spiro atoms. The largest absolute Gasteiger partial charge is 0.444 e. The molecule has 0 aliphatic rings. The Morgan fingerprint density at radius 3 is 2.38 bits per heavy atom. The Morgan fingerprint density at radius 1 is 1.29 bits per heavy atom. The van der Waals surface area contributed by atoms with E-state index in [1.54, 1.807) is 26.8 Å². The third kappa shape index (κ3) is 5.05. The Kier molecular flexibility index (Phi) is 5.78. The maximum absolute atomic E-state index is 11.7. The van der Waals surface area contributed by atoms with Crippen molar-refractivity contribution in [2.75, 3.05) is 0 Å². The van der Waals surface area contributed by atoms with Gasteiger partial charge in [-0.25, -0.2) is 4.79 Å². The van der Waals surface area contributed by atoms with Crippen molar-refractivity contribution in [3.05, 3.63) is 33.8 Å². The number of alkyl carbamates (subject to hydrolysis) is 1. The topological polar surface area (TPSA) is 55.4 Å². The number of rotatable bonds is 4. The van der Waals surface area contributed by atoms with Gasteiger partial charge in [0.15, 0.2) is 5.78 Å². The average Bonchev–Trinajstić information content (AvgIpc) is 2.34. The molecule has 0 radical (unpaired) electrons. The highest BCUT2D eigenvalue weighted by Gasteiger charge is 2.18. The molecule has 1 N–H and O–H groups in total. The van der Waals surface area contributed by atoms with Crippen molar-refractivity contribution in [2.45, 2.75) is 53.2 Å². The van der Waals surface area contributed by atoms with Crippen LogP contribution in [0.25, 0.3) is 0 Å². The fourth-order valence-corrected chi connectivity index (χ4v) is 2.40. The van der Waals surface area contributed by atoms with Gasteiger partial charge in [-0.2, -0.15) is 0 Å². The summed E-state index contributed by atoms with van der Waals surface area (Å²) in [7, 11) is 0. The first-order valence-corrected chi connectivity index (χ1v) is 7.31. The van der Waals surface area contributed by atoms with Crippen molar-refractivity contribution in [1.82, 2.24) is 5.32 Å². The lowest BCUT2D eigenvalue weighted by Crippen LogP contribution is -2.32. The van der Waals surface area contributed by atoms with Gasteiger partial charge in [0.1, 0.15) is 5.60 Å². The van der Waals surface area contributed by atoms with Gasteiger partial charge >= 0.3 is 6.09 Å². The SMILES string of the molecule is CCc1c(CNC(=O)OC(C)(C)C)ccc(Cl)c1C(C)=O. The van der Waals surface area contributed by atoms with Gasteiger partial charge in [0.25, 0.3) is 0 Å². The average molecular weight is 312 g/mol. The van der Waals surface area contributed by atoms with Gasteiger partial charge in [0, 0.05) is 12.1 Å². The monoisotopic (exact) mass is 311 g/mol. The Morgan fingerprint density at radius 2 is 1.90 bits per heavy atom. The number of amides is 1. The van der Waals surface area contributed by atoms with E-state index in [0.717, 1.165) is 11.1 Å². The van der Waals surface area contributed by atoms with E-state index in [1.165, 1.54) is 6.92 Å². The molecule has 4 nitrogen and oxygen atoms in total. The van der Waals surface area contributed by atoms with Crippen LogP contribution >= 0.6 is 11.6 Å². The van der Waals surface area contributed by atoms with Crippen LogP contribution in [0, 0.1) is 0 Å². The van der Waals surface area contributed by atoms with Crippen molar-refractivity contribution in [3.8, 4) is 0 Å². The number of Topliss-reactive ketones (excluding diaryl/α,β-unsaturated/α-hetero) is 1. The second-order valence-corrected chi connectivity index (χ2v) is 6.23. The highest BCUT2D eigenvalue weighted by atomic mass is 35.5. The molecule has 0 saturated heterocycles. The number of halogens is 1. The van der Waals surface area contributed by atoms with Crippen LogP contribution in [0.1, 0.15) is 56.1 Å². The second-order valence-electron chi connectivity index (χ2n) is 5.83. The summed E-state index contributed by atoms with van der Waals surface area (Å²) < 4.78 is 5.19. The molecule has 0 fully saturated rings. The van der Waals surface area contributed by atoms with Gasteiger partial charge in [0.2, 0.25) is 0 Å². The molecule has 0 unspecified atom stereocenters. The van der Waals surface area contributed by atoms with Crippen LogP contribution in [0.3, 0.4) is 0 Å². The number of hydrogen-bond acceptors (Lipinski definition) is 3. The first-order valence-electron chi connectivity index (χ1n) is 6.93. The molecule has 0 aliphatic carbocycles. The molecule has 1 amide bonds. The lowest BCUT2D eigenvalue weighted by molar-refractivity contribution is 0.0523. The van der Waals surface area contributed by atoms with Crippen LogP contribution in [0.15, 0.2) is 12.1 Å². The number of carbonyl (C=O) groups excluding carboxylic acids is 2. The van der Waals surface area contributed by atoms with E-state index in [9.17, 15) is 9.59 Å². The van der Waals surface area contributed by atoms with E-state index in [1.807, 2.05) is 13.0 Å². The summed E-state index contributed by atoms with van der Waals surface area (Å²) in [5.74, 6) is -0.0732. The molecule has 1 aromatic carbocycles. The standard InChI is InChI=1S/C16H22ClNO3/c1-6-12-11(7-8-13(17)14(12)10(2)19)9-18-15(20)21-16(3,4)5/h7-8H,6,9H2,1-5H3,(H,18,20). The van der Waals surface area contributed by atoms with Gasteiger partial charge in [-0.1, -0.05) is 24.6 Å². The summed E-state index contributed by atoms with van der Waals surface area (Å²) in [6.07, 6.45) is 0.185.